The summed E-state index contributed by atoms with van der Waals surface area (Å²) in [7, 11) is 0. The number of nitrogens with one attached hydrogen (secondary N) is 1. The average molecular weight is 269 g/mol. The van der Waals surface area contributed by atoms with E-state index in [-0.39, 0.29) is 5.78 Å². The topological polar surface area (TPSA) is 29.1 Å². The molecule has 0 spiro atoms. The molecule has 0 atom stereocenters. The summed E-state index contributed by atoms with van der Waals surface area (Å²) in [6.45, 7) is 0.511. The fraction of sp³-hybridized carbons (Fsp3) is 0.611. The molecule has 5 rings (SSSR count). The molecule has 0 amide bonds. The van der Waals surface area contributed by atoms with Gasteiger partial charge in [-0.3, -0.25) is 4.79 Å². The molecular weight excluding hydrogens is 246 g/mol. The third kappa shape index (κ3) is 2.20. The van der Waals surface area contributed by atoms with E-state index in [0.717, 1.165) is 29.2 Å². The van der Waals surface area contributed by atoms with E-state index in [1.807, 2.05) is 30.3 Å². The first kappa shape index (κ1) is 12.6. The Kier molecular flexibility index (Phi) is 3.14. The van der Waals surface area contributed by atoms with Crippen molar-refractivity contribution in [3.63, 3.8) is 0 Å². The molecule has 0 unspecified atom stereocenters. The monoisotopic (exact) mass is 269 g/mol. The van der Waals surface area contributed by atoms with Gasteiger partial charge in [-0.1, -0.05) is 30.3 Å². The van der Waals surface area contributed by atoms with Crippen molar-refractivity contribution in [2.75, 3.05) is 6.54 Å². The maximum absolute atomic E-state index is 12.2. The SMILES string of the molecule is O=C(CNC1C2CC3CC(C2)CC1C3)c1ccccc1. The van der Waals surface area contributed by atoms with Gasteiger partial charge < -0.3 is 5.32 Å². The number of hydrogen-bond acceptors (Lipinski definition) is 2. The van der Waals surface area contributed by atoms with Crippen molar-refractivity contribution in [1.82, 2.24) is 5.32 Å². The normalized spacial score (nSPS) is 38.1. The molecular formula is C18H23NO. The van der Waals surface area contributed by atoms with Gasteiger partial charge in [-0.05, 0) is 55.8 Å². The van der Waals surface area contributed by atoms with Crippen molar-refractivity contribution in [2.24, 2.45) is 23.7 Å². The Morgan fingerprint density at radius 2 is 1.55 bits per heavy atom. The molecule has 1 aromatic carbocycles. The maximum atomic E-state index is 12.2. The van der Waals surface area contributed by atoms with Crippen LogP contribution in [0, 0.1) is 23.7 Å². The minimum Gasteiger partial charge on any atom is -0.306 e. The first-order valence-electron chi connectivity index (χ1n) is 8.11. The minimum atomic E-state index is 0.236. The highest BCUT2D eigenvalue weighted by atomic mass is 16.1. The van der Waals surface area contributed by atoms with Crippen molar-refractivity contribution in [1.29, 1.82) is 0 Å². The third-order valence-corrected chi connectivity index (χ3v) is 5.82. The third-order valence-electron chi connectivity index (χ3n) is 5.82. The second-order valence-corrected chi connectivity index (χ2v) is 7.13. The van der Waals surface area contributed by atoms with Crippen LogP contribution in [0.4, 0.5) is 0 Å². The van der Waals surface area contributed by atoms with E-state index in [1.54, 1.807) is 0 Å². The average Bonchev–Trinajstić information content (AvgIpc) is 2.46. The van der Waals surface area contributed by atoms with Crippen LogP contribution >= 0.6 is 0 Å². The molecule has 2 heteroatoms. The van der Waals surface area contributed by atoms with Crippen LogP contribution in [-0.4, -0.2) is 18.4 Å². The highest BCUT2D eigenvalue weighted by Crippen LogP contribution is 2.53. The number of carbonyl (C=O) groups excluding carboxylic acids is 1. The predicted molar refractivity (Wildman–Crippen MR) is 79.6 cm³/mol. The van der Waals surface area contributed by atoms with Crippen LogP contribution in [0.2, 0.25) is 0 Å². The molecule has 0 radical (unpaired) electrons. The smallest absolute Gasteiger partial charge is 0.176 e. The number of hydrogen-bond donors (Lipinski definition) is 1. The van der Waals surface area contributed by atoms with E-state index >= 15 is 0 Å². The second kappa shape index (κ2) is 5.00. The summed E-state index contributed by atoms with van der Waals surface area (Å²) in [4.78, 5) is 12.2. The Morgan fingerprint density at radius 1 is 0.950 bits per heavy atom. The van der Waals surface area contributed by atoms with Crippen molar-refractivity contribution >= 4 is 5.78 Å². The van der Waals surface area contributed by atoms with Crippen LogP contribution in [0.1, 0.15) is 42.5 Å². The number of benzene rings is 1. The van der Waals surface area contributed by atoms with Crippen LogP contribution < -0.4 is 5.32 Å². The van der Waals surface area contributed by atoms with Crippen LogP contribution in [0.5, 0.6) is 0 Å². The Balaban J connectivity index is 1.39. The van der Waals surface area contributed by atoms with Gasteiger partial charge in [0.1, 0.15) is 0 Å². The number of carbonyl (C=O) groups is 1. The summed E-state index contributed by atoms with van der Waals surface area (Å²) in [5, 5.41) is 3.61. The largest absolute Gasteiger partial charge is 0.306 e. The fourth-order valence-corrected chi connectivity index (χ4v) is 5.20. The van der Waals surface area contributed by atoms with Crippen molar-refractivity contribution < 1.29 is 4.79 Å². The first-order chi connectivity index (χ1) is 9.79. The molecule has 1 N–H and O–H groups in total. The van der Waals surface area contributed by atoms with Crippen molar-refractivity contribution in [3.05, 3.63) is 35.9 Å². The van der Waals surface area contributed by atoms with Crippen LogP contribution in [0.3, 0.4) is 0 Å². The molecule has 4 aliphatic rings. The molecule has 4 bridgehead atoms. The van der Waals surface area contributed by atoms with E-state index in [4.69, 9.17) is 0 Å². The lowest BCUT2D eigenvalue weighted by atomic mass is 9.54. The zero-order valence-electron chi connectivity index (χ0n) is 11.9. The van der Waals surface area contributed by atoms with Crippen molar-refractivity contribution in [2.45, 2.75) is 38.1 Å². The van der Waals surface area contributed by atoms with Crippen LogP contribution in [-0.2, 0) is 0 Å². The molecule has 0 saturated heterocycles. The lowest BCUT2D eigenvalue weighted by molar-refractivity contribution is -0.0128. The molecule has 2 nitrogen and oxygen atoms in total. The summed E-state index contributed by atoms with van der Waals surface area (Å²) < 4.78 is 0. The summed E-state index contributed by atoms with van der Waals surface area (Å²) in [6.07, 6.45) is 7.12. The summed E-state index contributed by atoms with van der Waals surface area (Å²) >= 11 is 0. The number of Topliss-reactive ketones (excluding diaryl/α,β-unsaturated/α-hetero) is 1. The number of rotatable bonds is 4. The molecule has 0 heterocycles. The van der Waals surface area contributed by atoms with Gasteiger partial charge in [0.15, 0.2) is 5.78 Å². The van der Waals surface area contributed by atoms with E-state index < -0.39 is 0 Å². The molecule has 4 saturated carbocycles. The van der Waals surface area contributed by atoms with Crippen LogP contribution in [0.25, 0.3) is 0 Å². The van der Waals surface area contributed by atoms with Crippen LogP contribution in [0.15, 0.2) is 30.3 Å². The van der Waals surface area contributed by atoms with Gasteiger partial charge in [-0.25, -0.2) is 0 Å². The molecule has 106 valence electrons. The van der Waals surface area contributed by atoms with Gasteiger partial charge in [0.2, 0.25) is 0 Å². The van der Waals surface area contributed by atoms with E-state index in [0.29, 0.717) is 12.6 Å². The minimum absolute atomic E-state index is 0.236. The summed E-state index contributed by atoms with van der Waals surface area (Å²) in [6, 6.07) is 10.3. The number of ketones is 1. The molecule has 1 aromatic rings. The first-order valence-corrected chi connectivity index (χ1v) is 8.11. The summed E-state index contributed by atoms with van der Waals surface area (Å²) in [5.41, 5.74) is 0.837. The lowest BCUT2D eigenvalue weighted by Gasteiger charge is -2.54. The van der Waals surface area contributed by atoms with E-state index in [9.17, 15) is 4.79 Å². The Hall–Kier alpha value is -1.15. The van der Waals surface area contributed by atoms with Crippen molar-refractivity contribution in [3.8, 4) is 0 Å². The van der Waals surface area contributed by atoms with E-state index in [1.165, 1.54) is 32.1 Å². The highest BCUT2D eigenvalue weighted by molar-refractivity contribution is 5.97. The lowest BCUT2D eigenvalue weighted by Crippen LogP contribution is -2.55. The Bertz CT molecular complexity index is 467. The zero-order valence-corrected chi connectivity index (χ0v) is 11.9. The Morgan fingerprint density at radius 3 is 2.15 bits per heavy atom. The molecule has 0 aliphatic heterocycles. The maximum Gasteiger partial charge on any atom is 0.176 e. The highest BCUT2D eigenvalue weighted by Gasteiger charge is 2.47. The van der Waals surface area contributed by atoms with Gasteiger partial charge in [0.25, 0.3) is 0 Å². The van der Waals surface area contributed by atoms with Gasteiger partial charge in [0.05, 0.1) is 6.54 Å². The van der Waals surface area contributed by atoms with Gasteiger partial charge in [0, 0.05) is 11.6 Å². The van der Waals surface area contributed by atoms with Gasteiger partial charge in [-0.2, -0.15) is 0 Å². The molecule has 20 heavy (non-hydrogen) atoms. The van der Waals surface area contributed by atoms with E-state index in [2.05, 4.69) is 5.32 Å². The zero-order chi connectivity index (χ0) is 13.5. The quantitative estimate of drug-likeness (QED) is 0.850. The standard InChI is InChI=1S/C18H23NO/c20-17(14-4-2-1-3-5-14)11-19-18-15-7-12-6-13(9-15)10-16(18)8-12/h1-5,12-13,15-16,18-19H,6-11H2. The summed E-state index contributed by atoms with van der Waals surface area (Å²) in [5.74, 6) is 3.92. The second-order valence-electron chi connectivity index (χ2n) is 7.13. The van der Waals surface area contributed by atoms with Gasteiger partial charge >= 0.3 is 0 Å². The fourth-order valence-electron chi connectivity index (χ4n) is 5.20. The predicted octanol–water partition coefficient (Wildman–Crippen LogP) is 3.28. The molecule has 4 aliphatic carbocycles. The van der Waals surface area contributed by atoms with Gasteiger partial charge in [-0.15, -0.1) is 0 Å². The molecule has 4 fully saturated rings. The molecule has 0 aromatic heterocycles. The Labute approximate surface area is 121 Å².